The van der Waals surface area contributed by atoms with Gasteiger partial charge in [-0.2, -0.15) is 0 Å². The van der Waals surface area contributed by atoms with Crippen LogP contribution in [0.25, 0.3) is 0 Å². The zero-order valence-corrected chi connectivity index (χ0v) is 10.3. The maximum Gasteiger partial charge on any atom is 0.176 e. The second-order valence-corrected chi connectivity index (χ2v) is 4.36. The zero-order chi connectivity index (χ0) is 12.2. The van der Waals surface area contributed by atoms with E-state index in [4.69, 9.17) is 0 Å². The fourth-order valence-electron chi connectivity index (χ4n) is 2.25. The molecular formula is C13H17N5. The van der Waals surface area contributed by atoms with Gasteiger partial charge in [0.25, 0.3) is 0 Å². The van der Waals surface area contributed by atoms with Crippen LogP contribution in [-0.4, -0.2) is 42.7 Å². The molecule has 0 radical (unpaired) electrons. The highest BCUT2D eigenvalue weighted by atomic mass is 15.3. The van der Waals surface area contributed by atoms with Gasteiger partial charge >= 0.3 is 0 Å². The smallest absolute Gasteiger partial charge is 0.176 e. The van der Waals surface area contributed by atoms with Gasteiger partial charge in [0.2, 0.25) is 0 Å². The molecule has 0 aliphatic carbocycles. The van der Waals surface area contributed by atoms with Crippen molar-refractivity contribution in [3.63, 3.8) is 0 Å². The molecule has 3 heterocycles. The van der Waals surface area contributed by atoms with Crippen molar-refractivity contribution >= 4 is 11.6 Å². The highest BCUT2D eigenvalue weighted by Crippen LogP contribution is 2.25. The molecular weight excluding hydrogens is 226 g/mol. The predicted octanol–water partition coefficient (Wildman–Crippen LogP) is 0.776. The summed E-state index contributed by atoms with van der Waals surface area (Å²) in [6.45, 7) is 4.84. The lowest BCUT2D eigenvalue weighted by Gasteiger charge is -2.31. The number of allylic oxidation sites excluding steroid dienone is 2. The van der Waals surface area contributed by atoms with Crippen LogP contribution in [0, 0.1) is 0 Å². The van der Waals surface area contributed by atoms with E-state index in [1.54, 1.807) is 12.4 Å². The Morgan fingerprint density at radius 2 is 1.78 bits per heavy atom. The molecule has 0 amide bonds. The molecule has 2 aliphatic rings. The van der Waals surface area contributed by atoms with Crippen molar-refractivity contribution in [3.8, 4) is 0 Å². The van der Waals surface area contributed by atoms with Gasteiger partial charge in [0.15, 0.2) is 11.6 Å². The van der Waals surface area contributed by atoms with Gasteiger partial charge in [0, 0.05) is 51.3 Å². The Kier molecular flexibility index (Phi) is 3.23. The Bertz CT molecular complexity index is 462. The molecule has 0 saturated carbocycles. The van der Waals surface area contributed by atoms with Crippen molar-refractivity contribution in [2.24, 2.45) is 0 Å². The van der Waals surface area contributed by atoms with Crippen LogP contribution in [0.5, 0.6) is 0 Å². The lowest BCUT2D eigenvalue weighted by molar-refractivity contribution is 0.584. The van der Waals surface area contributed by atoms with E-state index in [0.717, 1.165) is 44.4 Å². The second kappa shape index (κ2) is 5.18. The molecule has 0 bridgehead atoms. The van der Waals surface area contributed by atoms with Gasteiger partial charge in [0.05, 0.1) is 0 Å². The standard InChI is InChI=1S/C13H17N5/c1-2-8-17(9-3-1)12-13(16-5-4-15-12)18-10-6-14-7-11-18/h1-5,8,14H,6-7,9-11H2. The van der Waals surface area contributed by atoms with Gasteiger partial charge < -0.3 is 15.1 Å². The highest BCUT2D eigenvalue weighted by Gasteiger charge is 2.19. The number of hydrogen-bond donors (Lipinski definition) is 1. The number of hydrogen-bond acceptors (Lipinski definition) is 5. The van der Waals surface area contributed by atoms with Gasteiger partial charge in [-0.05, 0) is 6.08 Å². The summed E-state index contributed by atoms with van der Waals surface area (Å²) in [5, 5.41) is 3.35. The summed E-state index contributed by atoms with van der Waals surface area (Å²) in [6.07, 6.45) is 11.8. The molecule has 94 valence electrons. The second-order valence-electron chi connectivity index (χ2n) is 4.36. The Hall–Kier alpha value is -1.88. The van der Waals surface area contributed by atoms with Gasteiger partial charge in [0.1, 0.15) is 0 Å². The SMILES string of the molecule is C1=CCN(c2nccnc2N2CCNCC2)C=C1. The van der Waals surface area contributed by atoms with Crippen molar-refractivity contribution in [1.82, 2.24) is 15.3 Å². The maximum absolute atomic E-state index is 4.51. The largest absolute Gasteiger partial charge is 0.351 e. The van der Waals surface area contributed by atoms with Crippen LogP contribution in [0.1, 0.15) is 0 Å². The fraction of sp³-hybridized carbons (Fsp3) is 0.385. The molecule has 0 spiro atoms. The topological polar surface area (TPSA) is 44.3 Å². The normalized spacial score (nSPS) is 19.3. The highest BCUT2D eigenvalue weighted by molar-refractivity contribution is 5.64. The average molecular weight is 243 g/mol. The van der Waals surface area contributed by atoms with E-state index in [0.29, 0.717) is 0 Å². The Morgan fingerprint density at radius 3 is 2.50 bits per heavy atom. The molecule has 3 rings (SSSR count). The molecule has 1 aromatic rings. The number of nitrogens with zero attached hydrogens (tertiary/aromatic N) is 4. The van der Waals surface area contributed by atoms with Crippen LogP contribution in [0.3, 0.4) is 0 Å². The number of anilines is 2. The third-order valence-corrected chi connectivity index (χ3v) is 3.16. The Morgan fingerprint density at radius 1 is 1.00 bits per heavy atom. The van der Waals surface area contributed by atoms with Crippen LogP contribution in [0.15, 0.2) is 36.8 Å². The first kappa shape index (κ1) is 11.2. The average Bonchev–Trinajstić information content (AvgIpc) is 2.49. The first-order valence-corrected chi connectivity index (χ1v) is 6.32. The van der Waals surface area contributed by atoms with E-state index in [-0.39, 0.29) is 0 Å². The van der Waals surface area contributed by atoms with E-state index in [1.165, 1.54) is 0 Å². The van der Waals surface area contributed by atoms with Crippen LogP contribution in [0.2, 0.25) is 0 Å². The summed E-state index contributed by atoms with van der Waals surface area (Å²) < 4.78 is 0. The number of piperazine rings is 1. The van der Waals surface area contributed by atoms with Crippen molar-refractivity contribution < 1.29 is 0 Å². The molecule has 1 fully saturated rings. The van der Waals surface area contributed by atoms with E-state index >= 15 is 0 Å². The molecule has 2 aliphatic heterocycles. The van der Waals surface area contributed by atoms with Crippen LogP contribution < -0.4 is 15.1 Å². The lowest BCUT2D eigenvalue weighted by Crippen LogP contribution is -2.44. The van der Waals surface area contributed by atoms with Crippen LogP contribution in [0.4, 0.5) is 11.6 Å². The van der Waals surface area contributed by atoms with E-state index in [2.05, 4.69) is 43.4 Å². The Balaban J connectivity index is 1.89. The number of rotatable bonds is 2. The molecule has 0 atom stereocenters. The summed E-state index contributed by atoms with van der Waals surface area (Å²) in [7, 11) is 0. The quantitative estimate of drug-likeness (QED) is 0.831. The lowest BCUT2D eigenvalue weighted by atomic mass is 10.3. The molecule has 5 nitrogen and oxygen atoms in total. The maximum atomic E-state index is 4.51. The van der Waals surface area contributed by atoms with Gasteiger partial charge in [-0.25, -0.2) is 9.97 Å². The van der Waals surface area contributed by atoms with Gasteiger partial charge in [-0.1, -0.05) is 12.2 Å². The summed E-state index contributed by atoms with van der Waals surface area (Å²) in [6, 6.07) is 0. The van der Waals surface area contributed by atoms with Crippen molar-refractivity contribution in [2.45, 2.75) is 0 Å². The summed E-state index contributed by atoms with van der Waals surface area (Å²) in [5.41, 5.74) is 0. The van der Waals surface area contributed by atoms with Crippen molar-refractivity contribution in [3.05, 3.63) is 36.8 Å². The molecule has 18 heavy (non-hydrogen) atoms. The minimum Gasteiger partial charge on any atom is -0.351 e. The molecule has 0 unspecified atom stereocenters. The third kappa shape index (κ3) is 2.22. The summed E-state index contributed by atoms with van der Waals surface area (Å²) >= 11 is 0. The first-order chi connectivity index (χ1) is 8.95. The molecule has 0 aromatic carbocycles. The minimum atomic E-state index is 0.855. The third-order valence-electron chi connectivity index (χ3n) is 3.16. The van der Waals surface area contributed by atoms with E-state index in [9.17, 15) is 0 Å². The monoisotopic (exact) mass is 243 g/mol. The van der Waals surface area contributed by atoms with Crippen LogP contribution >= 0.6 is 0 Å². The fourth-order valence-corrected chi connectivity index (χ4v) is 2.25. The van der Waals surface area contributed by atoms with Gasteiger partial charge in [-0.3, -0.25) is 0 Å². The zero-order valence-electron chi connectivity index (χ0n) is 10.3. The predicted molar refractivity (Wildman–Crippen MR) is 72.7 cm³/mol. The van der Waals surface area contributed by atoms with Gasteiger partial charge in [-0.15, -0.1) is 0 Å². The van der Waals surface area contributed by atoms with Crippen molar-refractivity contribution in [2.75, 3.05) is 42.5 Å². The number of nitrogens with one attached hydrogen (secondary N) is 1. The van der Waals surface area contributed by atoms with Crippen molar-refractivity contribution in [1.29, 1.82) is 0 Å². The Labute approximate surface area is 107 Å². The first-order valence-electron chi connectivity index (χ1n) is 6.32. The van der Waals surface area contributed by atoms with E-state index < -0.39 is 0 Å². The van der Waals surface area contributed by atoms with Crippen LogP contribution in [-0.2, 0) is 0 Å². The minimum absolute atomic E-state index is 0.855. The molecule has 1 N–H and O–H groups in total. The molecule has 1 aromatic heterocycles. The molecule has 5 heteroatoms. The number of aromatic nitrogens is 2. The molecule has 1 saturated heterocycles. The summed E-state index contributed by atoms with van der Waals surface area (Å²) in [4.78, 5) is 13.4. The summed E-state index contributed by atoms with van der Waals surface area (Å²) in [5.74, 6) is 1.93. The van der Waals surface area contributed by atoms with E-state index in [1.807, 2.05) is 6.08 Å².